The Balaban J connectivity index is 1.99. The van der Waals surface area contributed by atoms with E-state index in [4.69, 9.17) is 4.74 Å². The van der Waals surface area contributed by atoms with Crippen LogP contribution in [0.5, 0.6) is 5.75 Å². The molecule has 0 saturated heterocycles. The van der Waals surface area contributed by atoms with E-state index in [1.54, 1.807) is 0 Å². The first-order valence-corrected chi connectivity index (χ1v) is 8.52. The highest BCUT2D eigenvalue weighted by atomic mass is 16.5. The largest absolute Gasteiger partial charge is 0.492 e. The van der Waals surface area contributed by atoms with Crippen LogP contribution in [-0.2, 0) is 13.0 Å². The van der Waals surface area contributed by atoms with Gasteiger partial charge in [0, 0.05) is 25.7 Å². The molecule has 1 N–H and O–H groups in total. The fourth-order valence-electron chi connectivity index (χ4n) is 2.33. The van der Waals surface area contributed by atoms with Crippen LogP contribution in [0, 0.1) is 12.8 Å². The second-order valence-electron chi connectivity index (χ2n) is 6.41. The maximum absolute atomic E-state index is 12.4. The normalized spacial score (nSPS) is 10.9. The van der Waals surface area contributed by atoms with Crippen molar-refractivity contribution in [1.29, 1.82) is 0 Å². The van der Waals surface area contributed by atoms with Crippen molar-refractivity contribution in [3.8, 4) is 5.75 Å². The summed E-state index contributed by atoms with van der Waals surface area (Å²) in [4.78, 5) is 12.4. The molecular formula is C19H27N3O2. The van der Waals surface area contributed by atoms with Crippen molar-refractivity contribution in [3.63, 3.8) is 0 Å². The number of benzene rings is 1. The molecule has 5 heteroatoms. The first-order chi connectivity index (χ1) is 11.5. The molecule has 0 saturated carbocycles. The van der Waals surface area contributed by atoms with E-state index < -0.39 is 0 Å². The quantitative estimate of drug-likeness (QED) is 0.809. The van der Waals surface area contributed by atoms with E-state index in [0.29, 0.717) is 30.4 Å². The van der Waals surface area contributed by atoms with E-state index in [0.717, 1.165) is 24.1 Å². The van der Waals surface area contributed by atoms with Crippen LogP contribution in [0.2, 0.25) is 0 Å². The molecule has 1 aromatic heterocycles. The zero-order chi connectivity index (χ0) is 17.5. The van der Waals surface area contributed by atoms with Gasteiger partial charge in [-0.15, -0.1) is 0 Å². The minimum atomic E-state index is -0.0822. The summed E-state index contributed by atoms with van der Waals surface area (Å²) in [6.07, 6.45) is 4.65. The average molecular weight is 329 g/mol. The first-order valence-electron chi connectivity index (χ1n) is 8.52. The van der Waals surface area contributed by atoms with Crippen LogP contribution in [0.1, 0.15) is 42.3 Å². The highest BCUT2D eigenvalue weighted by Gasteiger charge is 2.13. The Labute approximate surface area is 144 Å². The molecule has 0 aliphatic rings. The molecule has 0 fully saturated rings. The molecule has 0 aliphatic heterocycles. The van der Waals surface area contributed by atoms with Gasteiger partial charge < -0.3 is 10.1 Å². The SMILES string of the molecule is CCn1cc(CCOc2ccc(C)cc2C(=O)NCC(C)C)cn1. The van der Waals surface area contributed by atoms with E-state index >= 15 is 0 Å². The lowest BCUT2D eigenvalue weighted by Crippen LogP contribution is -2.27. The molecule has 0 atom stereocenters. The summed E-state index contributed by atoms with van der Waals surface area (Å²) in [5, 5.41) is 7.21. The Kier molecular flexibility index (Phi) is 6.41. The third-order valence-electron chi connectivity index (χ3n) is 3.71. The summed E-state index contributed by atoms with van der Waals surface area (Å²) in [6.45, 7) is 10.2. The number of aromatic nitrogens is 2. The van der Waals surface area contributed by atoms with Crippen LogP contribution in [0.25, 0.3) is 0 Å². The van der Waals surface area contributed by atoms with Crippen LogP contribution < -0.4 is 10.1 Å². The molecule has 130 valence electrons. The van der Waals surface area contributed by atoms with Crippen LogP contribution in [0.4, 0.5) is 0 Å². The molecule has 1 amide bonds. The summed E-state index contributed by atoms with van der Waals surface area (Å²) >= 11 is 0. The van der Waals surface area contributed by atoms with Crippen LogP contribution in [0.3, 0.4) is 0 Å². The molecule has 0 unspecified atom stereocenters. The second-order valence-corrected chi connectivity index (χ2v) is 6.41. The summed E-state index contributed by atoms with van der Waals surface area (Å²) in [5.74, 6) is 0.962. The standard InChI is InChI=1S/C19H27N3O2/c1-5-22-13-16(12-21-22)8-9-24-18-7-6-15(4)10-17(18)19(23)20-11-14(2)3/h6-7,10,12-14H,5,8-9,11H2,1-4H3,(H,20,23). The van der Waals surface area contributed by atoms with E-state index in [-0.39, 0.29) is 5.91 Å². The van der Waals surface area contributed by atoms with E-state index in [2.05, 4.69) is 31.2 Å². The lowest BCUT2D eigenvalue weighted by Gasteiger charge is -2.13. The number of ether oxygens (including phenoxy) is 1. The van der Waals surface area contributed by atoms with Gasteiger partial charge in [0.15, 0.2) is 0 Å². The van der Waals surface area contributed by atoms with Gasteiger partial charge in [0.25, 0.3) is 5.91 Å². The van der Waals surface area contributed by atoms with Gasteiger partial charge in [0.2, 0.25) is 0 Å². The van der Waals surface area contributed by atoms with E-state index in [9.17, 15) is 4.79 Å². The number of nitrogens with zero attached hydrogens (tertiary/aromatic N) is 2. The van der Waals surface area contributed by atoms with Crippen molar-refractivity contribution >= 4 is 5.91 Å². The fourth-order valence-corrected chi connectivity index (χ4v) is 2.33. The van der Waals surface area contributed by atoms with E-state index in [1.807, 2.05) is 42.2 Å². The molecule has 5 nitrogen and oxygen atoms in total. The summed E-state index contributed by atoms with van der Waals surface area (Å²) in [5.41, 5.74) is 2.77. The van der Waals surface area contributed by atoms with Gasteiger partial charge in [-0.2, -0.15) is 5.10 Å². The summed E-state index contributed by atoms with van der Waals surface area (Å²) in [6, 6.07) is 5.71. The Morgan fingerprint density at radius 1 is 1.38 bits per heavy atom. The number of amides is 1. The molecule has 0 spiro atoms. The minimum Gasteiger partial charge on any atom is -0.492 e. The number of aryl methyl sites for hydroxylation is 2. The number of hydrogen-bond donors (Lipinski definition) is 1. The van der Waals surface area contributed by atoms with Gasteiger partial charge >= 0.3 is 0 Å². The number of nitrogens with one attached hydrogen (secondary N) is 1. The monoisotopic (exact) mass is 329 g/mol. The van der Waals surface area contributed by atoms with Crippen molar-refractivity contribution in [3.05, 3.63) is 47.3 Å². The van der Waals surface area contributed by atoms with Crippen molar-refractivity contribution < 1.29 is 9.53 Å². The molecule has 0 bridgehead atoms. The van der Waals surface area contributed by atoms with Gasteiger partial charge in [-0.05, 0) is 37.5 Å². The Bertz CT molecular complexity index is 677. The lowest BCUT2D eigenvalue weighted by atomic mass is 10.1. The molecule has 2 aromatic rings. The van der Waals surface area contributed by atoms with Crippen molar-refractivity contribution in [2.45, 2.75) is 40.7 Å². The fraction of sp³-hybridized carbons (Fsp3) is 0.474. The maximum Gasteiger partial charge on any atom is 0.255 e. The topological polar surface area (TPSA) is 56.1 Å². The predicted molar refractivity (Wildman–Crippen MR) is 95.5 cm³/mol. The number of hydrogen-bond acceptors (Lipinski definition) is 3. The molecule has 0 aliphatic carbocycles. The number of carbonyl (C=O) groups excluding carboxylic acids is 1. The van der Waals surface area contributed by atoms with Crippen LogP contribution >= 0.6 is 0 Å². The average Bonchev–Trinajstić information content (AvgIpc) is 3.02. The molecule has 0 radical (unpaired) electrons. The Morgan fingerprint density at radius 3 is 2.83 bits per heavy atom. The predicted octanol–water partition coefficient (Wildman–Crippen LogP) is 3.22. The van der Waals surface area contributed by atoms with Crippen LogP contribution in [-0.4, -0.2) is 28.8 Å². The van der Waals surface area contributed by atoms with Crippen LogP contribution in [0.15, 0.2) is 30.6 Å². The molecule has 24 heavy (non-hydrogen) atoms. The van der Waals surface area contributed by atoms with Crippen molar-refractivity contribution in [2.75, 3.05) is 13.2 Å². The number of rotatable bonds is 8. The third-order valence-corrected chi connectivity index (χ3v) is 3.71. The van der Waals surface area contributed by atoms with Gasteiger partial charge in [-0.1, -0.05) is 25.5 Å². The van der Waals surface area contributed by atoms with Gasteiger partial charge in [-0.3, -0.25) is 9.48 Å². The number of carbonyl (C=O) groups is 1. The van der Waals surface area contributed by atoms with Gasteiger partial charge in [-0.25, -0.2) is 0 Å². The zero-order valence-corrected chi connectivity index (χ0v) is 15.0. The van der Waals surface area contributed by atoms with Gasteiger partial charge in [0.05, 0.1) is 18.4 Å². The van der Waals surface area contributed by atoms with Crippen molar-refractivity contribution in [1.82, 2.24) is 15.1 Å². The highest BCUT2D eigenvalue weighted by Crippen LogP contribution is 2.20. The Morgan fingerprint density at radius 2 is 2.17 bits per heavy atom. The van der Waals surface area contributed by atoms with E-state index in [1.165, 1.54) is 0 Å². The second kappa shape index (κ2) is 8.52. The van der Waals surface area contributed by atoms with Crippen molar-refractivity contribution in [2.24, 2.45) is 5.92 Å². The van der Waals surface area contributed by atoms with Gasteiger partial charge in [0.1, 0.15) is 5.75 Å². The first kappa shape index (κ1) is 18.0. The molecular weight excluding hydrogens is 302 g/mol. The molecule has 1 heterocycles. The minimum absolute atomic E-state index is 0.0822. The molecule has 1 aromatic carbocycles. The third kappa shape index (κ3) is 5.11. The Hall–Kier alpha value is -2.30. The maximum atomic E-state index is 12.4. The molecule has 2 rings (SSSR count). The lowest BCUT2D eigenvalue weighted by molar-refractivity contribution is 0.0945. The summed E-state index contributed by atoms with van der Waals surface area (Å²) in [7, 11) is 0. The highest BCUT2D eigenvalue weighted by molar-refractivity contribution is 5.97. The summed E-state index contributed by atoms with van der Waals surface area (Å²) < 4.78 is 7.76. The smallest absolute Gasteiger partial charge is 0.255 e. The zero-order valence-electron chi connectivity index (χ0n) is 15.0.